The van der Waals surface area contributed by atoms with E-state index in [1.807, 2.05) is 7.05 Å². The first-order chi connectivity index (χ1) is 8.15. The Labute approximate surface area is 104 Å². The number of nitrogens with one attached hydrogen (secondary N) is 2. The lowest BCUT2D eigenvalue weighted by atomic mass is 10.0. The molecule has 17 heavy (non-hydrogen) atoms. The predicted molar refractivity (Wildman–Crippen MR) is 68.0 cm³/mol. The van der Waals surface area contributed by atoms with E-state index in [1.54, 1.807) is 7.11 Å². The molecule has 0 spiro atoms. The quantitative estimate of drug-likeness (QED) is 0.643. The van der Waals surface area contributed by atoms with E-state index in [0.29, 0.717) is 12.6 Å². The molecule has 1 fully saturated rings. The van der Waals surface area contributed by atoms with Crippen molar-refractivity contribution >= 4 is 5.91 Å². The summed E-state index contributed by atoms with van der Waals surface area (Å²) >= 11 is 0. The van der Waals surface area contributed by atoms with Gasteiger partial charge in [-0.15, -0.1) is 0 Å². The summed E-state index contributed by atoms with van der Waals surface area (Å²) < 4.78 is 5.00. The molecule has 100 valence electrons. The summed E-state index contributed by atoms with van der Waals surface area (Å²) in [5.41, 5.74) is 0. The van der Waals surface area contributed by atoms with Crippen molar-refractivity contribution < 1.29 is 9.53 Å². The highest BCUT2D eigenvalue weighted by Gasteiger charge is 2.28. The molecule has 1 amide bonds. The molecule has 1 aliphatic rings. The Morgan fingerprint density at radius 2 is 2.29 bits per heavy atom. The smallest absolute Gasteiger partial charge is 0.224 e. The largest absolute Gasteiger partial charge is 0.383 e. The zero-order valence-electron chi connectivity index (χ0n) is 11.2. The van der Waals surface area contributed by atoms with Crippen molar-refractivity contribution in [1.29, 1.82) is 0 Å². The molecule has 0 aliphatic carbocycles. The lowest BCUT2D eigenvalue weighted by Crippen LogP contribution is -2.40. The summed E-state index contributed by atoms with van der Waals surface area (Å²) in [6.45, 7) is 6.22. The van der Waals surface area contributed by atoms with Crippen molar-refractivity contribution in [3.8, 4) is 0 Å². The molecular formula is C12H25N3O2. The van der Waals surface area contributed by atoms with Crippen LogP contribution in [-0.2, 0) is 9.53 Å². The lowest BCUT2D eigenvalue weighted by Gasteiger charge is -2.18. The van der Waals surface area contributed by atoms with Gasteiger partial charge in [0.1, 0.15) is 0 Å². The molecule has 1 saturated heterocycles. The van der Waals surface area contributed by atoms with Crippen molar-refractivity contribution in [2.24, 2.45) is 5.92 Å². The van der Waals surface area contributed by atoms with Gasteiger partial charge in [0.2, 0.25) is 5.91 Å². The average molecular weight is 243 g/mol. The minimum Gasteiger partial charge on any atom is -0.383 e. The van der Waals surface area contributed by atoms with Crippen LogP contribution < -0.4 is 10.6 Å². The zero-order valence-corrected chi connectivity index (χ0v) is 11.2. The fourth-order valence-electron chi connectivity index (χ4n) is 2.08. The van der Waals surface area contributed by atoms with Crippen molar-refractivity contribution in [3.05, 3.63) is 0 Å². The standard InChI is InChI=1S/C12H25N3O2/c1-10-11(4-5-13-10)12(16)14-6-7-15(2)8-9-17-3/h10-11,13H,4-9H2,1-3H3,(H,14,16). The summed E-state index contributed by atoms with van der Waals surface area (Å²) in [5, 5.41) is 6.29. The van der Waals surface area contributed by atoms with E-state index in [2.05, 4.69) is 22.5 Å². The molecule has 0 radical (unpaired) electrons. The van der Waals surface area contributed by atoms with Gasteiger partial charge in [-0.3, -0.25) is 4.79 Å². The molecular weight excluding hydrogens is 218 g/mol. The number of rotatable bonds is 7. The van der Waals surface area contributed by atoms with E-state index in [4.69, 9.17) is 4.74 Å². The molecule has 2 N–H and O–H groups in total. The molecule has 0 aromatic heterocycles. The molecule has 5 nitrogen and oxygen atoms in total. The van der Waals surface area contributed by atoms with Crippen LogP contribution in [0.15, 0.2) is 0 Å². The topological polar surface area (TPSA) is 53.6 Å². The van der Waals surface area contributed by atoms with E-state index in [-0.39, 0.29) is 11.8 Å². The summed E-state index contributed by atoms with van der Waals surface area (Å²) in [6, 6.07) is 0.307. The van der Waals surface area contributed by atoms with Crippen LogP contribution in [0.3, 0.4) is 0 Å². The van der Waals surface area contributed by atoms with Crippen LogP contribution in [0.25, 0.3) is 0 Å². The van der Waals surface area contributed by atoms with Crippen molar-refractivity contribution in [3.63, 3.8) is 0 Å². The van der Waals surface area contributed by atoms with Gasteiger partial charge in [0.15, 0.2) is 0 Å². The van der Waals surface area contributed by atoms with Gasteiger partial charge in [0, 0.05) is 32.8 Å². The first kappa shape index (κ1) is 14.4. The summed E-state index contributed by atoms with van der Waals surface area (Å²) in [7, 11) is 3.73. The highest BCUT2D eigenvalue weighted by Crippen LogP contribution is 2.14. The van der Waals surface area contributed by atoms with Gasteiger partial charge < -0.3 is 20.3 Å². The van der Waals surface area contributed by atoms with Crippen molar-refractivity contribution in [1.82, 2.24) is 15.5 Å². The SMILES string of the molecule is COCCN(C)CCNC(=O)C1CCNC1C. The van der Waals surface area contributed by atoms with Crippen LogP contribution in [0.1, 0.15) is 13.3 Å². The first-order valence-electron chi connectivity index (χ1n) is 6.33. The lowest BCUT2D eigenvalue weighted by molar-refractivity contribution is -0.125. The number of nitrogens with zero attached hydrogens (tertiary/aromatic N) is 1. The normalized spacial score (nSPS) is 24.2. The van der Waals surface area contributed by atoms with Crippen molar-refractivity contribution in [2.75, 3.05) is 46.9 Å². The van der Waals surface area contributed by atoms with E-state index in [9.17, 15) is 4.79 Å². The number of carbonyl (C=O) groups is 1. The van der Waals surface area contributed by atoms with Crippen LogP contribution >= 0.6 is 0 Å². The van der Waals surface area contributed by atoms with Gasteiger partial charge in [-0.1, -0.05) is 0 Å². The summed E-state index contributed by atoms with van der Waals surface area (Å²) in [6.07, 6.45) is 0.951. The van der Waals surface area contributed by atoms with Gasteiger partial charge in [-0.2, -0.15) is 0 Å². The third-order valence-corrected chi connectivity index (χ3v) is 3.33. The van der Waals surface area contributed by atoms with E-state index in [1.165, 1.54) is 0 Å². The minimum absolute atomic E-state index is 0.138. The van der Waals surface area contributed by atoms with Crippen LogP contribution in [0.5, 0.6) is 0 Å². The minimum atomic E-state index is 0.138. The summed E-state index contributed by atoms with van der Waals surface area (Å²) in [4.78, 5) is 14.0. The monoisotopic (exact) mass is 243 g/mol. The van der Waals surface area contributed by atoms with E-state index in [0.717, 1.165) is 32.7 Å². The number of amides is 1. The molecule has 2 atom stereocenters. The zero-order chi connectivity index (χ0) is 12.7. The number of carbonyl (C=O) groups excluding carboxylic acids is 1. The Balaban J connectivity index is 2.11. The number of methoxy groups -OCH3 is 1. The Morgan fingerprint density at radius 3 is 2.88 bits per heavy atom. The van der Waals surface area contributed by atoms with E-state index < -0.39 is 0 Å². The second kappa shape index (κ2) is 7.63. The van der Waals surface area contributed by atoms with Crippen LogP contribution in [0.4, 0.5) is 0 Å². The highest BCUT2D eigenvalue weighted by atomic mass is 16.5. The Hall–Kier alpha value is -0.650. The Bertz CT molecular complexity index is 236. The molecule has 1 aliphatic heterocycles. The third-order valence-electron chi connectivity index (χ3n) is 3.33. The fraction of sp³-hybridized carbons (Fsp3) is 0.917. The molecule has 0 saturated carbocycles. The first-order valence-corrected chi connectivity index (χ1v) is 6.33. The van der Waals surface area contributed by atoms with Gasteiger partial charge in [-0.05, 0) is 26.9 Å². The average Bonchev–Trinajstić information content (AvgIpc) is 2.72. The highest BCUT2D eigenvalue weighted by molar-refractivity contribution is 5.79. The maximum atomic E-state index is 11.9. The maximum Gasteiger partial charge on any atom is 0.224 e. The number of hydrogen-bond donors (Lipinski definition) is 2. The molecule has 0 bridgehead atoms. The maximum absolute atomic E-state index is 11.9. The van der Waals surface area contributed by atoms with E-state index >= 15 is 0 Å². The number of hydrogen-bond acceptors (Lipinski definition) is 4. The second-order valence-corrected chi connectivity index (χ2v) is 4.73. The molecule has 0 aromatic rings. The second-order valence-electron chi connectivity index (χ2n) is 4.73. The van der Waals surface area contributed by atoms with Gasteiger partial charge >= 0.3 is 0 Å². The third kappa shape index (κ3) is 5.02. The van der Waals surface area contributed by atoms with Gasteiger partial charge in [-0.25, -0.2) is 0 Å². The predicted octanol–water partition coefficient (Wildman–Crippen LogP) is -0.321. The number of likely N-dealkylation sites (N-methyl/N-ethyl adjacent to an activating group) is 1. The van der Waals surface area contributed by atoms with Crippen LogP contribution in [0, 0.1) is 5.92 Å². The Kier molecular flexibility index (Phi) is 6.47. The van der Waals surface area contributed by atoms with Crippen molar-refractivity contribution in [2.45, 2.75) is 19.4 Å². The number of ether oxygens (including phenoxy) is 1. The van der Waals surface area contributed by atoms with Gasteiger partial charge in [0.25, 0.3) is 0 Å². The van der Waals surface area contributed by atoms with Crippen LogP contribution in [-0.4, -0.2) is 63.8 Å². The van der Waals surface area contributed by atoms with Crippen LogP contribution in [0.2, 0.25) is 0 Å². The molecule has 1 rings (SSSR count). The molecule has 5 heteroatoms. The molecule has 2 unspecified atom stereocenters. The fourth-order valence-corrected chi connectivity index (χ4v) is 2.08. The summed E-state index contributed by atoms with van der Waals surface area (Å²) in [5.74, 6) is 0.321. The molecule has 1 heterocycles. The van der Waals surface area contributed by atoms with Gasteiger partial charge in [0.05, 0.1) is 12.5 Å². The molecule has 0 aromatic carbocycles. The Morgan fingerprint density at radius 1 is 1.53 bits per heavy atom.